The van der Waals surface area contributed by atoms with Crippen LogP contribution in [0, 0.1) is 11.3 Å². The molecule has 2 aromatic heterocycles. The minimum Gasteiger partial charge on any atom is -0.456 e. The third kappa shape index (κ3) is 3.75. The van der Waals surface area contributed by atoms with Gasteiger partial charge in [0.25, 0.3) is 0 Å². The lowest BCUT2D eigenvalue weighted by molar-refractivity contribution is 0.664. The molecule has 0 fully saturated rings. The first-order valence-electron chi connectivity index (χ1n) is 14.6. The molecule has 0 saturated heterocycles. The molecule has 0 unspecified atom stereocenters. The van der Waals surface area contributed by atoms with Gasteiger partial charge in [0.05, 0.1) is 11.6 Å². The highest BCUT2D eigenvalue weighted by atomic mass is 16.3. The van der Waals surface area contributed by atoms with Crippen LogP contribution in [0.25, 0.3) is 88.0 Å². The molecule has 3 heteroatoms. The van der Waals surface area contributed by atoms with Crippen LogP contribution in [0.5, 0.6) is 0 Å². The number of nitrogens with zero attached hydrogens (tertiary/aromatic N) is 1. The van der Waals surface area contributed by atoms with E-state index in [0.29, 0.717) is 5.56 Å². The van der Waals surface area contributed by atoms with Crippen LogP contribution in [0.4, 0.5) is 0 Å². The summed E-state index contributed by atoms with van der Waals surface area (Å²) in [6.07, 6.45) is 0. The lowest BCUT2D eigenvalue weighted by Crippen LogP contribution is -1.85. The number of rotatable bonds is 3. The fourth-order valence-electron chi connectivity index (χ4n) is 6.53. The average Bonchev–Trinajstić information content (AvgIpc) is 3.65. The molecule has 0 amide bonds. The summed E-state index contributed by atoms with van der Waals surface area (Å²) in [6, 6.07) is 50.3. The summed E-state index contributed by atoms with van der Waals surface area (Å²) in [6.45, 7) is 0. The zero-order valence-electron chi connectivity index (χ0n) is 23.5. The van der Waals surface area contributed by atoms with E-state index in [2.05, 4.69) is 91.0 Å². The first kappa shape index (κ1) is 24.5. The van der Waals surface area contributed by atoms with Crippen LogP contribution in [0.1, 0.15) is 5.56 Å². The van der Waals surface area contributed by atoms with Crippen molar-refractivity contribution in [1.29, 1.82) is 5.26 Å². The van der Waals surface area contributed by atoms with E-state index < -0.39 is 0 Å². The average molecular weight is 562 g/mol. The Morgan fingerprint density at radius 1 is 0.432 bits per heavy atom. The Labute approximate surface area is 252 Å². The summed E-state index contributed by atoms with van der Waals surface area (Å²) in [7, 11) is 0. The molecular formula is C41H23NO2. The standard InChI is InChI=1S/C41H23NO2/c42-24-25-12-14-26(15-13-25)27-6-5-7-28(20-27)29-16-17-31-22-32(19-18-30(31)21-29)39-40-34-9-2-4-11-37(34)43-38(40)23-35-33-8-1-3-10-36(33)44-41(35)39/h1-23H. The van der Waals surface area contributed by atoms with Crippen molar-refractivity contribution in [2.45, 2.75) is 0 Å². The molecule has 0 radical (unpaired) electrons. The van der Waals surface area contributed by atoms with Crippen molar-refractivity contribution in [3.8, 4) is 39.4 Å². The lowest BCUT2D eigenvalue weighted by atomic mass is 9.93. The Bertz CT molecular complexity index is 2610. The monoisotopic (exact) mass is 561 g/mol. The topological polar surface area (TPSA) is 50.1 Å². The second kappa shape index (κ2) is 9.46. The van der Waals surface area contributed by atoms with E-state index in [1.807, 2.05) is 54.6 Å². The van der Waals surface area contributed by atoms with E-state index in [4.69, 9.17) is 14.1 Å². The van der Waals surface area contributed by atoms with Crippen molar-refractivity contribution in [3.63, 3.8) is 0 Å². The SMILES string of the molecule is N#Cc1ccc(-c2cccc(-c3ccc4cc(-c5c6oc7ccccc7c6cc6oc7ccccc7c56)ccc4c3)c2)cc1. The van der Waals surface area contributed by atoms with Gasteiger partial charge in [-0.05, 0) is 87.1 Å². The molecule has 0 aliphatic rings. The highest BCUT2D eigenvalue weighted by molar-refractivity contribution is 6.23. The van der Waals surface area contributed by atoms with Crippen LogP contribution in [0.2, 0.25) is 0 Å². The molecule has 44 heavy (non-hydrogen) atoms. The summed E-state index contributed by atoms with van der Waals surface area (Å²) in [5, 5.41) is 15.8. The smallest absolute Gasteiger partial charge is 0.144 e. The molecule has 9 aromatic rings. The molecule has 7 aromatic carbocycles. The number of para-hydroxylation sites is 2. The molecule has 0 aliphatic carbocycles. The Morgan fingerprint density at radius 3 is 1.82 bits per heavy atom. The number of hydrogen-bond acceptors (Lipinski definition) is 3. The first-order chi connectivity index (χ1) is 21.7. The van der Waals surface area contributed by atoms with E-state index in [1.54, 1.807) is 0 Å². The Balaban J connectivity index is 1.20. The molecule has 0 aliphatic heterocycles. The maximum atomic E-state index is 9.16. The van der Waals surface area contributed by atoms with Gasteiger partial charge in [-0.1, -0.05) is 91.0 Å². The van der Waals surface area contributed by atoms with Crippen molar-refractivity contribution in [2.24, 2.45) is 0 Å². The number of fused-ring (bicyclic) bond motifs is 7. The number of furan rings is 2. The predicted octanol–water partition coefficient (Wildman–Crippen LogP) is 11.5. The fourth-order valence-corrected chi connectivity index (χ4v) is 6.53. The zero-order chi connectivity index (χ0) is 29.2. The van der Waals surface area contributed by atoms with E-state index in [0.717, 1.165) is 82.6 Å². The maximum Gasteiger partial charge on any atom is 0.144 e. The van der Waals surface area contributed by atoms with Crippen molar-refractivity contribution < 1.29 is 8.83 Å². The van der Waals surface area contributed by atoms with Gasteiger partial charge in [-0.25, -0.2) is 0 Å². The molecule has 3 nitrogen and oxygen atoms in total. The fraction of sp³-hybridized carbons (Fsp3) is 0. The van der Waals surface area contributed by atoms with E-state index >= 15 is 0 Å². The summed E-state index contributed by atoms with van der Waals surface area (Å²) in [5.74, 6) is 0. The van der Waals surface area contributed by atoms with E-state index in [1.165, 1.54) is 5.39 Å². The van der Waals surface area contributed by atoms with E-state index in [9.17, 15) is 0 Å². The molecule has 0 spiro atoms. The van der Waals surface area contributed by atoms with Crippen molar-refractivity contribution >= 4 is 54.6 Å². The molecule has 2 heterocycles. The van der Waals surface area contributed by atoms with Gasteiger partial charge in [0.1, 0.15) is 22.3 Å². The van der Waals surface area contributed by atoms with Gasteiger partial charge < -0.3 is 8.83 Å². The van der Waals surface area contributed by atoms with Crippen LogP contribution in [0.3, 0.4) is 0 Å². The molecule has 0 saturated carbocycles. The minimum atomic E-state index is 0.664. The Morgan fingerprint density at radius 2 is 1.05 bits per heavy atom. The molecular weight excluding hydrogens is 538 g/mol. The highest BCUT2D eigenvalue weighted by Gasteiger charge is 2.21. The lowest BCUT2D eigenvalue weighted by Gasteiger charge is -2.10. The van der Waals surface area contributed by atoms with Crippen molar-refractivity contribution in [2.75, 3.05) is 0 Å². The Kier molecular flexibility index (Phi) is 5.26. The summed E-state index contributed by atoms with van der Waals surface area (Å²) < 4.78 is 12.9. The predicted molar refractivity (Wildman–Crippen MR) is 180 cm³/mol. The van der Waals surface area contributed by atoms with Crippen LogP contribution < -0.4 is 0 Å². The zero-order valence-corrected chi connectivity index (χ0v) is 23.5. The first-order valence-corrected chi connectivity index (χ1v) is 14.6. The van der Waals surface area contributed by atoms with Gasteiger partial charge >= 0.3 is 0 Å². The number of benzene rings is 7. The maximum absolute atomic E-state index is 9.16. The second-order valence-corrected chi connectivity index (χ2v) is 11.2. The summed E-state index contributed by atoms with van der Waals surface area (Å²) >= 11 is 0. The van der Waals surface area contributed by atoms with Gasteiger partial charge in [-0.3, -0.25) is 0 Å². The van der Waals surface area contributed by atoms with Crippen LogP contribution in [-0.2, 0) is 0 Å². The summed E-state index contributed by atoms with van der Waals surface area (Å²) in [5.41, 5.74) is 10.8. The molecule has 204 valence electrons. The Hall–Kier alpha value is -6.11. The molecule has 0 bridgehead atoms. The normalized spacial score (nSPS) is 11.6. The van der Waals surface area contributed by atoms with Gasteiger partial charge in [0.15, 0.2) is 0 Å². The largest absolute Gasteiger partial charge is 0.456 e. The molecule has 9 rings (SSSR count). The van der Waals surface area contributed by atoms with E-state index in [-0.39, 0.29) is 0 Å². The number of hydrogen-bond donors (Lipinski definition) is 0. The van der Waals surface area contributed by atoms with Crippen molar-refractivity contribution in [1.82, 2.24) is 0 Å². The second-order valence-electron chi connectivity index (χ2n) is 11.2. The third-order valence-corrected chi connectivity index (χ3v) is 8.68. The van der Waals surface area contributed by atoms with Crippen molar-refractivity contribution in [3.05, 3.63) is 145 Å². The molecule has 0 N–H and O–H groups in total. The minimum absolute atomic E-state index is 0.664. The van der Waals surface area contributed by atoms with Crippen LogP contribution >= 0.6 is 0 Å². The quantitative estimate of drug-likeness (QED) is 0.216. The van der Waals surface area contributed by atoms with Gasteiger partial charge in [0, 0.05) is 27.1 Å². The van der Waals surface area contributed by atoms with Gasteiger partial charge in [-0.15, -0.1) is 0 Å². The van der Waals surface area contributed by atoms with Crippen LogP contribution in [0.15, 0.2) is 148 Å². The van der Waals surface area contributed by atoms with Crippen LogP contribution in [-0.4, -0.2) is 0 Å². The van der Waals surface area contributed by atoms with Gasteiger partial charge in [0.2, 0.25) is 0 Å². The van der Waals surface area contributed by atoms with Gasteiger partial charge in [-0.2, -0.15) is 5.26 Å². The molecule has 0 atom stereocenters. The number of nitriles is 1. The third-order valence-electron chi connectivity index (χ3n) is 8.68. The highest BCUT2D eigenvalue weighted by Crippen LogP contribution is 2.45. The summed E-state index contributed by atoms with van der Waals surface area (Å²) in [4.78, 5) is 0.